The van der Waals surface area contributed by atoms with Crippen LogP contribution in [0.15, 0.2) is 41.0 Å². The zero-order chi connectivity index (χ0) is 18.4. The first-order valence-corrected chi connectivity index (χ1v) is 10.4. The largest absolute Gasteiger partial charge is 0.357 e. The Hall–Kier alpha value is -1.79. The van der Waals surface area contributed by atoms with Gasteiger partial charge in [-0.2, -0.15) is 0 Å². The highest BCUT2D eigenvalue weighted by Crippen LogP contribution is 2.29. The summed E-state index contributed by atoms with van der Waals surface area (Å²) in [7, 11) is 3.88. The number of likely N-dealkylation sites (tertiary alicyclic amines) is 1. The number of hydrogen-bond donors (Lipinski definition) is 2. The van der Waals surface area contributed by atoms with E-state index in [9.17, 15) is 0 Å². The monoisotopic (exact) mass is 373 g/mol. The highest BCUT2D eigenvalue weighted by atomic mass is 32.1. The number of hydrogen-bond acceptors (Lipinski definition) is 3. The summed E-state index contributed by atoms with van der Waals surface area (Å²) in [6.07, 6.45) is 6.78. The molecule has 0 aromatic carbocycles. The van der Waals surface area contributed by atoms with E-state index in [0.717, 1.165) is 25.0 Å². The average molecular weight is 374 g/mol. The van der Waals surface area contributed by atoms with Crippen molar-refractivity contribution in [1.29, 1.82) is 0 Å². The molecule has 0 radical (unpaired) electrons. The highest BCUT2D eigenvalue weighted by Gasteiger charge is 2.25. The second-order valence-corrected chi connectivity index (χ2v) is 8.22. The molecule has 142 valence electrons. The van der Waals surface area contributed by atoms with Gasteiger partial charge in [0.25, 0.3) is 0 Å². The molecule has 0 amide bonds. The zero-order valence-electron chi connectivity index (χ0n) is 16.1. The molecule has 1 aliphatic rings. The second kappa shape index (κ2) is 9.24. The van der Waals surface area contributed by atoms with Gasteiger partial charge in [0.15, 0.2) is 5.96 Å². The summed E-state index contributed by atoms with van der Waals surface area (Å²) in [5.41, 5.74) is 1.26. The van der Waals surface area contributed by atoms with E-state index in [1.165, 1.54) is 36.4 Å². The number of rotatable bonds is 6. The summed E-state index contributed by atoms with van der Waals surface area (Å²) < 4.78 is 2.07. The molecule has 1 unspecified atom stereocenters. The first-order chi connectivity index (χ1) is 12.7. The lowest BCUT2D eigenvalue weighted by molar-refractivity contribution is 0.140. The summed E-state index contributed by atoms with van der Waals surface area (Å²) in [5, 5.41) is 9.14. The quantitative estimate of drug-likeness (QED) is 0.604. The van der Waals surface area contributed by atoms with Crippen LogP contribution in [0.2, 0.25) is 0 Å². The molecule has 0 spiro atoms. The number of aryl methyl sites for hydroxylation is 1. The third-order valence-electron chi connectivity index (χ3n) is 5.17. The van der Waals surface area contributed by atoms with Gasteiger partial charge in [0.1, 0.15) is 0 Å². The maximum atomic E-state index is 4.39. The van der Waals surface area contributed by atoms with Gasteiger partial charge in [-0.15, -0.1) is 11.3 Å². The first kappa shape index (κ1) is 19.0. The van der Waals surface area contributed by atoms with Crippen LogP contribution >= 0.6 is 11.3 Å². The second-order valence-electron chi connectivity index (χ2n) is 7.24. The van der Waals surface area contributed by atoms with Crippen molar-refractivity contribution in [2.24, 2.45) is 18.0 Å². The predicted octanol–water partition coefficient (Wildman–Crippen LogP) is 3.22. The van der Waals surface area contributed by atoms with Gasteiger partial charge in [0.2, 0.25) is 0 Å². The van der Waals surface area contributed by atoms with Crippen molar-refractivity contribution in [2.75, 3.05) is 26.7 Å². The fraction of sp³-hybridized carbons (Fsp3) is 0.550. The molecule has 6 heteroatoms. The van der Waals surface area contributed by atoms with Crippen molar-refractivity contribution < 1.29 is 0 Å². The van der Waals surface area contributed by atoms with Crippen molar-refractivity contribution in [1.82, 2.24) is 20.1 Å². The minimum Gasteiger partial charge on any atom is -0.357 e. The molecule has 1 fully saturated rings. The summed E-state index contributed by atoms with van der Waals surface area (Å²) >= 11 is 1.85. The van der Waals surface area contributed by atoms with Crippen LogP contribution in [0.4, 0.5) is 0 Å². The number of guanidine groups is 1. The molecule has 2 aromatic rings. The summed E-state index contributed by atoms with van der Waals surface area (Å²) in [6.45, 7) is 6.39. The van der Waals surface area contributed by atoms with Crippen LogP contribution in [-0.2, 0) is 13.6 Å². The van der Waals surface area contributed by atoms with Gasteiger partial charge in [-0.3, -0.25) is 9.89 Å². The van der Waals surface area contributed by atoms with Gasteiger partial charge in [-0.1, -0.05) is 13.0 Å². The number of nitrogens with one attached hydrogen (secondary N) is 2. The number of aliphatic imine (C=N–C) groups is 1. The highest BCUT2D eigenvalue weighted by molar-refractivity contribution is 7.10. The van der Waals surface area contributed by atoms with E-state index >= 15 is 0 Å². The van der Waals surface area contributed by atoms with Gasteiger partial charge < -0.3 is 15.2 Å². The van der Waals surface area contributed by atoms with E-state index in [2.05, 4.69) is 68.0 Å². The molecule has 1 saturated heterocycles. The third-order valence-corrected chi connectivity index (χ3v) is 6.14. The topological polar surface area (TPSA) is 44.6 Å². The minimum atomic E-state index is 0.415. The molecule has 1 atom stereocenters. The van der Waals surface area contributed by atoms with E-state index < -0.39 is 0 Å². The lowest BCUT2D eigenvalue weighted by Crippen LogP contribution is -2.44. The third kappa shape index (κ3) is 5.11. The van der Waals surface area contributed by atoms with Crippen molar-refractivity contribution in [3.8, 4) is 0 Å². The summed E-state index contributed by atoms with van der Waals surface area (Å²) in [4.78, 5) is 8.46. The number of aromatic nitrogens is 1. The Bertz CT molecular complexity index is 683. The zero-order valence-corrected chi connectivity index (χ0v) is 16.9. The molecule has 0 saturated carbocycles. The van der Waals surface area contributed by atoms with E-state index in [1.54, 1.807) is 0 Å². The van der Waals surface area contributed by atoms with Gasteiger partial charge in [-0.05, 0) is 54.9 Å². The van der Waals surface area contributed by atoms with Gasteiger partial charge in [-0.25, -0.2) is 0 Å². The molecule has 0 aliphatic carbocycles. The lowest BCUT2D eigenvalue weighted by Gasteiger charge is -2.36. The Balaban J connectivity index is 1.57. The number of thiophene rings is 1. The van der Waals surface area contributed by atoms with Crippen LogP contribution < -0.4 is 10.6 Å². The molecule has 2 N–H and O–H groups in total. The van der Waals surface area contributed by atoms with Crippen molar-refractivity contribution >= 4 is 17.3 Å². The summed E-state index contributed by atoms with van der Waals surface area (Å²) in [6, 6.07) is 6.96. The molecule has 3 rings (SSSR count). The molecule has 3 heterocycles. The van der Waals surface area contributed by atoms with E-state index in [1.807, 2.05) is 25.4 Å². The standard InChI is InChI=1S/C20H31N5S/c1-16-6-10-25(11-7-16)18(19-5-4-12-26-19)14-23-20(21-2)22-13-17-8-9-24(3)15-17/h4-5,8-9,12,15-16,18H,6-7,10-11,13-14H2,1-3H3,(H2,21,22,23). The molecule has 5 nitrogen and oxygen atoms in total. The van der Waals surface area contributed by atoms with Crippen LogP contribution in [0.5, 0.6) is 0 Å². The Morgan fingerprint density at radius 2 is 2.12 bits per heavy atom. The molecular weight excluding hydrogens is 342 g/mol. The minimum absolute atomic E-state index is 0.415. The van der Waals surface area contributed by atoms with Crippen LogP contribution in [0.25, 0.3) is 0 Å². The molecule has 1 aliphatic heterocycles. The predicted molar refractivity (Wildman–Crippen MR) is 111 cm³/mol. The van der Waals surface area contributed by atoms with Crippen LogP contribution in [0.1, 0.15) is 36.2 Å². The maximum absolute atomic E-state index is 4.39. The first-order valence-electron chi connectivity index (χ1n) is 9.48. The number of piperidine rings is 1. The van der Waals surface area contributed by atoms with Gasteiger partial charge >= 0.3 is 0 Å². The van der Waals surface area contributed by atoms with E-state index in [-0.39, 0.29) is 0 Å². The van der Waals surface area contributed by atoms with Crippen molar-refractivity contribution in [2.45, 2.75) is 32.4 Å². The van der Waals surface area contributed by atoms with Gasteiger partial charge in [0.05, 0.1) is 6.04 Å². The lowest BCUT2D eigenvalue weighted by atomic mass is 9.97. The Morgan fingerprint density at radius 1 is 1.31 bits per heavy atom. The normalized spacial score (nSPS) is 18.0. The average Bonchev–Trinajstić information content (AvgIpc) is 3.31. The number of nitrogens with zero attached hydrogens (tertiary/aromatic N) is 3. The van der Waals surface area contributed by atoms with Crippen LogP contribution in [0.3, 0.4) is 0 Å². The van der Waals surface area contributed by atoms with Crippen molar-refractivity contribution in [3.05, 3.63) is 46.4 Å². The van der Waals surface area contributed by atoms with Crippen LogP contribution in [-0.4, -0.2) is 42.1 Å². The van der Waals surface area contributed by atoms with E-state index in [4.69, 9.17) is 0 Å². The Morgan fingerprint density at radius 3 is 2.73 bits per heavy atom. The Labute approximate surface area is 161 Å². The molecule has 26 heavy (non-hydrogen) atoms. The van der Waals surface area contributed by atoms with Gasteiger partial charge in [0, 0.05) is 44.5 Å². The smallest absolute Gasteiger partial charge is 0.191 e. The maximum Gasteiger partial charge on any atom is 0.191 e. The molecule has 0 bridgehead atoms. The van der Waals surface area contributed by atoms with Crippen molar-refractivity contribution in [3.63, 3.8) is 0 Å². The van der Waals surface area contributed by atoms with Crippen LogP contribution in [0, 0.1) is 5.92 Å². The fourth-order valence-corrected chi connectivity index (χ4v) is 4.36. The fourth-order valence-electron chi connectivity index (χ4n) is 3.50. The SMILES string of the molecule is CN=C(NCc1ccn(C)c1)NCC(c1cccs1)N1CCC(C)CC1. The Kier molecular flexibility index (Phi) is 6.74. The summed E-state index contributed by atoms with van der Waals surface area (Å²) in [5.74, 6) is 1.71. The van der Waals surface area contributed by atoms with E-state index in [0.29, 0.717) is 6.04 Å². The molecule has 2 aromatic heterocycles. The molecular formula is C20H31N5S.